The van der Waals surface area contributed by atoms with Crippen molar-refractivity contribution in [2.45, 2.75) is 64.9 Å². The van der Waals surface area contributed by atoms with Crippen molar-refractivity contribution in [2.24, 2.45) is 5.92 Å². The fourth-order valence-electron chi connectivity index (χ4n) is 2.14. The van der Waals surface area contributed by atoms with Gasteiger partial charge in [0, 0.05) is 0 Å². The van der Waals surface area contributed by atoms with Gasteiger partial charge in [0.1, 0.15) is 5.60 Å². The standard InChI is InChI=1S/C14H24O4/c1-4-11(2)13(16)17-10-12(15)18-14(3)8-6-5-7-9-14/h11H,4-10H2,1-3H3. The molecule has 0 radical (unpaired) electrons. The summed E-state index contributed by atoms with van der Waals surface area (Å²) in [4.78, 5) is 23.1. The van der Waals surface area contributed by atoms with Gasteiger partial charge in [-0.3, -0.25) is 4.79 Å². The average Bonchev–Trinajstić information content (AvgIpc) is 2.35. The van der Waals surface area contributed by atoms with E-state index < -0.39 is 5.97 Å². The molecule has 18 heavy (non-hydrogen) atoms. The van der Waals surface area contributed by atoms with Gasteiger partial charge in [-0.05, 0) is 39.0 Å². The zero-order chi connectivity index (χ0) is 13.6. The molecule has 0 N–H and O–H groups in total. The number of carbonyl (C=O) groups is 2. The molecule has 0 heterocycles. The highest BCUT2D eigenvalue weighted by Gasteiger charge is 2.31. The van der Waals surface area contributed by atoms with Gasteiger partial charge >= 0.3 is 11.9 Å². The molecular weight excluding hydrogens is 232 g/mol. The number of esters is 2. The number of ether oxygens (including phenoxy) is 2. The minimum atomic E-state index is -0.434. The zero-order valence-electron chi connectivity index (χ0n) is 11.7. The van der Waals surface area contributed by atoms with Crippen LogP contribution in [0.15, 0.2) is 0 Å². The molecule has 0 bridgehead atoms. The summed E-state index contributed by atoms with van der Waals surface area (Å²) in [5.41, 5.74) is -0.363. The lowest BCUT2D eigenvalue weighted by Crippen LogP contribution is -2.35. The van der Waals surface area contributed by atoms with Crippen LogP contribution in [0.25, 0.3) is 0 Å². The molecule has 104 valence electrons. The number of hydrogen-bond donors (Lipinski definition) is 0. The summed E-state index contributed by atoms with van der Waals surface area (Å²) in [7, 11) is 0. The lowest BCUT2D eigenvalue weighted by molar-refractivity contribution is -0.172. The first kappa shape index (κ1) is 15.0. The Morgan fingerprint density at radius 3 is 2.39 bits per heavy atom. The second-order valence-electron chi connectivity index (χ2n) is 5.40. The van der Waals surface area contributed by atoms with Crippen molar-refractivity contribution in [2.75, 3.05) is 6.61 Å². The third-order valence-corrected chi connectivity index (χ3v) is 3.62. The van der Waals surface area contributed by atoms with E-state index in [2.05, 4.69) is 0 Å². The van der Waals surface area contributed by atoms with Crippen LogP contribution in [0.3, 0.4) is 0 Å². The Labute approximate surface area is 109 Å². The van der Waals surface area contributed by atoms with Crippen molar-refractivity contribution < 1.29 is 19.1 Å². The van der Waals surface area contributed by atoms with Crippen LogP contribution in [0, 0.1) is 5.92 Å². The van der Waals surface area contributed by atoms with Crippen LogP contribution in [0.4, 0.5) is 0 Å². The molecule has 4 nitrogen and oxygen atoms in total. The molecule has 1 aliphatic carbocycles. The molecule has 1 saturated carbocycles. The second kappa shape index (κ2) is 6.76. The number of rotatable bonds is 5. The van der Waals surface area contributed by atoms with E-state index in [1.165, 1.54) is 6.42 Å². The Bertz CT molecular complexity index is 292. The maximum atomic E-state index is 11.6. The third-order valence-electron chi connectivity index (χ3n) is 3.62. The van der Waals surface area contributed by atoms with Gasteiger partial charge in [0.2, 0.25) is 0 Å². The predicted octanol–water partition coefficient (Wildman–Crippen LogP) is 2.84. The quantitative estimate of drug-likeness (QED) is 0.710. The van der Waals surface area contributed by atoms with E-state index in [1.54, 1.807) is 6.92 Å². The van der Waals surface area contributed by atoms with Gasteiger partial charge in [-0.1, -0.05) is 20.3 Å². The fraction of sp³-hybridized carbons (Fsp3) is 0.857. The molecule has 0 spiro atoms. The SMILES string of the molecule is CCC(C)C(=O)OCC(=O)OC1(C)CCCCC1. The van der Waals surface area contributed by atoms with Gasteiger partial charge in [-0.15, -0.1) is 0 Å². The summed E-state index contributed by atoms with van der Waals surface area (Å²) in [5.74, 6) is -0.928. The maximum Gasteiger partial charge on any atom is 0.344 e. The third kappa shape index (κ3) is 4.67. The van der Waals surface area contributed by atoms with E-state index in [0.29, 0.717) is 6.42 Å². The van der Waals surface area contributed by atoms with Gasteiger partial charge in [-0.25, -0.2) is 4.79 Å². The Hall–Kier alpha value is -1.06. The van der Waals surface area contributed by atoms with Crippen LogP contribution in [0.2, 0.25) is 0 Å². The molecule has 0 aliphatic heterocycles. The predicted molar refractivity (Wildman–Crippen MR) is 68.0 cm³/mol. The zero-order valence-corrected chi connectivity index (χ0v) is 11.7. The van der Waals surface area contributed by atoms with Gasteiger partial charge in [0.25, 0.3) is 0 Å². The van der Waals surface area contributed by atoms with Crippen molar-refractivity contribution in [3.8, 4) is 0 Å². The summed E-state index contributed by atoms with van der Waals surface area (Å²) >= 11 is 0. The highest BCUT2D eigenvalue weighted by Crippen LogP contribution is 2.31. The van der Waals surface area contributed by atoms with E-state index in [-0.39, 0.29) is 24.1 Å². The normalized spacial score (nSPS) is 19.9. The Kier molecular flexibility index (Phi) is 5.63. The summed E-state index contributed by atoms with van der Waals surface area (Å²) < 4.78 is 10.4. The van der Waals surface area contributed by atoms with E-state index in [1.807, 2.05) is 13.8 Å². The minimum Gasteiger partial charge on any atom is -0.457 e. The molecule has 4 heteroatoms. The minimum absolute atomic E-state index is 0.164. The van der Waals surface area contributed by atoms with Crippen molar-refractivity contribution >= 4 is 11.9 Å². The smallest absolute Gasteiger partial charge is 0.344 e. The molecule has 0 aromatic carbocycles. The van der Waals surface area contributed by atoms with Crippen molar-refractivity contribution in [3.05, 3.63) is 0 Å². The van der Waals surface area contributed by atoms with E-state index in [9.17, 15) is 9.59 Å². The van der Waals surface area contributed by atoms with Crippen molar-refractivity contribution in [1.82, 2.24) is 0 Å². The van der Waals surface area contributed by atoms with Crippen molar-refractivity contribution in [1.29, 1.82) is 0 Å². The van der Waals surface area contributed by atoms with Gasteiger partial charge < -0.3 is 9.47 Å². The maximum absolute atomic E-state index is 11.6. The Balaban J connectivity index is 2.31. The first-order valence-corrected chi connectivity index (χ1v) is 6.85. The van der Waals surface area contributed by atoms with Crippen LogP contribution in [0.1, 0.15) is 59.3 Å². The van der Waals surface area contributed by atoms with Gasteiger partial charge in [0.05, 0.1) is 5.92 Å². The van der Waals surface area contributed by atoms with Gasteiger partial charge in [0.15, 0.2) is 6.61 Å². The van der Waals surface area contributed by atoms with Crippen LogP contribution in [-0.4, -0.2) is 24.1 Å². The number of carbonyl (C=O) groups excluding carboxylic acids is 2. The molecule has 1 atom stereocenters. The molecule has 0 saturated heterocycles. The Morgan fingerprint density at radius 1 is 1.22 bits per heavy atom. The highest BCUT2D eigenvalue weighted by molar-refractivity contribution is 5.77. The Morgan fingerprint density at radius 2 is 1.83 bits per heavy atom. The molecular formula is C14H24O4. The topological polar surface area (TPSA) is 52.6 Å². The van der Waals surface area contributed by atoms with Crippen LogP contribution in [-0.2, 0) is 19.1 Å². The van der Waals surface area contributed by atoms with Crippen LogP contribution in [0.5, 0.6) is 0 Å². The summed E-state index contributed by atoms with van der Waals surface area (Å²) in [5, 5.41) is 0. The first-order valence-electron chi connectivity index (χ1n) is 6.85. The largest absolute Gasteiger partial charge is 0.457 e. The lowest BCUT2D eigenvalue weighted by atomic mass is 9.86. The molecule has 1 unspecified atom stereocenters. The van der Waals surface area contributed by atoms with Crippen LogP contribution >= 0.6 is 0 Å². The second-order valence-corrected chi connectivity index (χ2v) is 5.40. The van der Waals surface area contributed by atoms with E-state index >= 15 is 0 Å². The summed E-state index contributed by atoms with van der Waals surface area (Å²) in [6, 6.07) is 0. The molecule has 1 fully saturated rings. The molecule has 0 aromatic heterocycles. The lowest BCUT2D eigenvalue weighted by Gasteiger charge is -2.33. The summed E-state index contributed by atoms with van der Waals surface area (Å²) in [6.07, 6.45) is 5.91. The first-order chi connectivity index (χ1) is 8.47. The van der Waals surface area contributed by atoms with E-state index in [4.69, 9.17) is 9.47 Å². The molecule has 1 rings (SSSR count). The van der Waals surface area contributed by atoms with Crippen LogP contribution < -0.4 is 0 Å². The molecule has 0 aromatic rings. The van der Waals surface area contributed by atoms with E-state index in [0.717, 1.165) is 25.7 Å². The van der Waals surface area contributed by atoms with Crippen molar-refractivity contribution in [3.63, 3.8) is 0 Å². The molecule has 0 amide bonds. The monoisotopic (exact) mass is 256 g/mol. The number of hydrogen-bond acceptors (Lipinski definition) is 4. The average molecular weight is 256 g/mol. The van der Waals surface area contributed by atoms with Gasteiger partial charge in [-0.2, -0.15) is 0 Å². The molecule has 1 aliphatic rings. The summed E-state index contributed by atoms with van der Waals surface area (Å²) in [6.45, 7) is 5.39. The highest BCUT2D eigenvalue weighted by atomic mass is 16.6. The fourth-order valence-corrected chi connectivity index (χ4v) is 2.14.